The second-order valence-corrected chi connectivity index (χ2v) is 6.79. The molecular formula is C15H24N2O3S. The Kier molecular flexibility index (Phi) is 7.22. The van der Waals surface area contributed by atoms with Crippen LogP contribution < -0.4 is 10.6 Å². The molecule has 21 heavy (non-hydrogen) atoms. The number of urea groups is 1. The average molecular weight is 312 g/mol. The molecule has 0 saturated heterocycles. The molecule has 0 aliphatic rings. The number of amides is 2. The van der Waals surface area contributed by atoms with Gasteiger partial charge >= 0.3 is 12.0 Å². The molecule has 0 aliphatic heterocycles. The molecule has 0 saturated carbocycles. The van der Waals surface area contributed by atoms with E-state index in [2.05, 4.69) is 29.7 Å². The lowest BCUT2D eigenvalue weighted by Gasteiger charge is -2.17. The standard InChI is InChI=1S/C15H24N2O3S/c1-10(5-4-6-14(18)19)16-15(20)17-11(2)9-13-8-7-12(3)21-13/h7-8,10-11H,4-6,9H2,1-3H3,(H,18,19)(H2,16,17,20). The van der Waals surface area contributed by atoms with Crippen LogP contribution >= 0.6 is 11.3 Å². The van der Waals surface area contributed by atoms with Crippen LogP contribution in [0.3, 0.4) is 0 Å². The second kappa shape index (κ2) is 8.67. The van der Waals surface area contributed by atoms with Crippen LogP contribution in [0, 0.1) is 6.92 Å². The fraction of sp³-hybridized carbons (Fsp3) is 0.600. The molecule has 0 aliphatic carbocycles. The molecule has 2 amide bonds. The van der Waals surface area contributed by atoms with Crippen molar-refractivity contribution in [3.8, 4) is 0 Å². The predicted molar refractivity (Wildman–Crippen MR) is 84.8 cm³/mol. The van der Waals surface area contributed by atoms with Crippen molar-refractivity contribution in [2.24, 2.45) is 0 Å². The summed E-state index contributed by atoms with van der Waals surface area (Å²) in [6.07, 6.45) is 2.19. The van der Waals surface area contributed by atoms with Crippen LogP contribution in [0.1, 0.15) is 42.9 Å². The van der Waals surface area contributed by atoms with Crippen LogP contribution in [0.2, 0.25) is 0 Å². The maximum absolute atomic E-state index is 11.8. The number of aryl methyl sites for hydroxylation is 1. The third kappa shape index (κ3) is 7.70. The highest BCUT2D eigenvalue weighted by atomic mass is 32.1. The van der Waals surface area contributed by atoms with Gasteiger partial charge in [-0.1, -0.05) is 0 Å². The minimum Gasteiger partial charge on any atom is -0.481 e. The lowest BCUT2D eigenvalue weighted by atomic mass is 10.1. The summed E-state index contributed by atoms with van der Waals surface area (Å²) in [5.74, 6) is -0.800. The number of carbonyl (C=O) groups is 2. The number of hydrogen-bond acceptors (Lipinski definition) is 3. The van der Waals surface area contributed by atoms with Gasteiger partial charge in [0.15, 0.2) is 0 Å². The van der Waals surface area contributed by atoms with E-state index in [9.17, 15) is 9.59 Å². The normalized spacial score (nSPS) is 13.5. The van der Waals surface area contributed by atoms with Crippen molar-refractivity contribution in [1.29, 1.82) is 0 Å². The van der Waals surface area contributed by atoms with Crippen molar-refractivity contribution in [2.75, 3.05) is 0 Å². The molecule has 1 heterocycles. The van der Waals surface area contributed by atoms with Crippen LogP contribution in [0.15, 0.2) is 12.1 Å². The zero-order valence-electron chi connectivity index (χ0n) is 12.8. The molecule has 3 N–H and O–H groups in total. The van der Waals surface area contributed by atoms with E-state index in [-0.39, 0.29) is 24.5 Å². The highest BCUT2D eigenvalue weighted by Crippen LogP contribution is 2.16. The highest BCUT2D eigenvalue weighted by Gasteiger charge is 2.12. The van der Waals surface area contributed by atoms with Gasteiger partial charge in [0.05, 0.1) is 0 Å². The van der Waals surface area contributed by atoms with Gasteiger partial charge in [0.2, 0.25) is 0 Å². The zero-order chi connectivity index (χ0) is 15.8. The molecule has 0 aromatic carbocycles. The fourth-order valence-electron chi connectivity index (χ4n) is 2.07. The molecule has 1 aromatic heterocycles. The monoisotopic (exact) mass is 312 g/mol. The van der Waals surface area contributed by atoms with Gasteiger partial charge in [0.1, 0.15) is 0 Å². The first kappa shape index (κ1) is 17.5. The van der Waals surface area contributed by atoms with Gasteiger partial charge in [-0.25, -0.2) is 4.79 Å². The van der Waals surface area contributed by atoms with Gasteiger partial charge in [-0.05, 0) is 45.7 Å². The Morgan fingerprint density at radius 1 is 1.24 bits per heavy atom. The lowest BCUT2D eigenvalue weighted by molar-refractivity contribution is -0.137. The Hall–Kier alpha value is -1.56. The third-order valence-electron chi connectivity index (χ3n) is 3.09. The maximum Gasteiger partial charge on any atom is 0.315 e. The van der Waals surface area contributed by atoms with Crippen molar-refractivity contribution < 1.29 is 14.7 Å². The quantitative estimate of drug-likeness (QED) is 0.690. The van der Waals surface area contributed by atoms with E-state index < -0.39 is 5.97 Å². The number of thiophene rings is 1. The molecule has 6 heteroatoms. The van der Waals surface area contributed by atoms with Gasteiger partial charge in [-0.2, -0.15) is 0 Å². The third-order valence-corrected chi connectivity index (χ3v) is 4.11. The molecule has 2 unspecified atom stereocenters. The highest BCUT2D eigenvalue weighted by molar-refractivity contribution is 7.11. The predicted octanol–water partition coefficient (Wildman–Crippen LogP) is 2.93. The number of rotatable bonds is 8. The van der Waals surface area contributed by atoms with Crippen molar-refractivity contribution in [3.05, 3.63) is 21.9 Å². The van der Waals surface area contributed by atoms with E-state index in [1.54, 1.807) is 11.3 Å². The minimum atomic E-state index is -0.800. The summed E-state index contributed by atoms with van der Waals surface area (Å²) >= 11 is 1.74. The first-order valence-electron chi connectivity index (χ1n) is 7.21. The smallest absolute Gasteiger partial charge is 0.315 e. The molecular weight excluding hydrogens is 288 g/mol. The topological polar surface area (TPSA) is 78.4 Å². The summed E-state index contributed by atoms with van der Waals surface area (Å²) in [6.45, 7) is 5.93. The van der Waals surface area contributed by atoms with Crippen LogP contribution in [-0.2, 0) is 11.2 Å². The van der Waals surface area contributed by atoms with E-state index in [1.807, 2.05) is 13.8 Å². The Morgan fingerprint density at radius 2 is 1.90 bits per heavy atom. The Balaban J connectivity index is 2.24. The molecule has 0 spiro atoms. The SMILES string of the molecule is Cc1ccc(CC(C)NC(=O)NC(C)CCCC(=O)O)s1. The van der Waals surface area contributed by atoms with Crippen molar-refractivity contribution in [3.63, 3.8) is 0 Å². The maximum atomic E-state index is 11.8. The first-order valence-corrected chi connectivity index (χ1v) is 8.02. The molecule has 0 bridgehead atoms. The number of carboxylic acid groups (broad SMARTS) is 1. The molecule has 5 nitrogen and oxygen atoms in total. The Bertz CT molecular complexity index is 473. The minimum absolute atomic E-state index is 0.0273. The summed E-state index contributed by atoms with van der Waals surface area (Å²) in [5.41, 5.74) is 0. The van der Waals surface area contributed by atoms with Crippen LogP contribution in [0.4, 0.5) is 4.79 Å². The summed E-state index contributed by atoms with van der Waals surface area (Å²) in [6, 6.07) is 4.01. The van der Waals surface area contributed by atoms with E-state index in [1.165, 1.54) is 9.75 Å². The Morgan fingerprint density at radius 3 is 2.48 bits per heavy atom. The summed E-state index contributed by atoms with van der Waals surface area (Å²) < 4.78 is 0. The van der Waals surface area contributed by atoms with Crippen molar-refractivity contribution in [1.82, 2.24) is 10.6 Å². The van der Waals surface area contributed by atoms with Crippen molar-refractivity contribution >= 4 is 23.3 Å². The summed E-state index contributed by atoms with van der Waals surface area (Å²) in [7, 11) is 0. The van der Waals surface area contributed by atoms with Gasteiger partial charge in [-0.3, -0.25) is 4.79 Å². The van der Waals surface area contributed by atoms with E-state index >= 15 is 0 Å². The van der Waals surface area contributed by atoms with Gasteiger partial charge in [0.25, 0.3) is 0 Å². The van der Waals surface area contributed by atoms with E-state index in [4.69, 9.17) is 5.11 Å². The van der Waals surface area contributed by atoms with Crippen LogP contribution in [0.5, 0.6) is 0 Å². The Labute approximate surface area is 129 Å². The van der Waals surface area contributed by atoms with Gasteiger partial charge in [0, 0.05) is 34.7 Å². The molecule has 1 aromatic rings. The largest absolute Gasteiger partial charge is 0.481 e. The second-order valence-electron chi connectivity index (χ2n) is 5.42. The first-order chi connectivity index (χ1) is 9.86. The lowest BCUT2D eigenvalue weighted by Crippen LogP contribution is -2.45. The number of aliphatic carboxylic acids is 1. The fourth-order valence-corrected chi connectivity index (χ4v) is 3.09. The number of carbonyl (C=O) groups excluding carboxylic acids is 1. The van der Waals surface area contributed by atoms with Crippen molar-refractivity contribution in [2.45, 2.75) is 58.5 Å². The average Bonchev–Trinajstić information content (AvgIpc) is 2.73. The van der Waals surface area contributed by atoms with E-state index in [0.717, 1.165) is 6.42 Å². The van der Waals surface area contributed by atoms with Gasteiger partial charge < -0.3 is 15.7 Å². The molecule has 0 radical (unpaired) electrons. The number of carboxylic acids is 1. The van der Waals surface area contributed by atoms with Gasteiger partial charge in [-0.15, -0.1) is 11.3 Å². The molecule has 2 atom stereocenters. The number of nitrogens with one attached hydrogen (secondary N) is 2. The summed E-state index contributed by atoms with van der Waals surface area (Å²) in [4.78, 5) is 24.8. The molecule has 0 fully saturated rings. The van der Waals surface area contributed by atoms with Crippen LogP contribution in [-0.4, -0.2) is 29.2 Å². The van der Waals surface area contributed by atoms with Crippen LogP contribution in [0.25, 0.3) is 0 Å². The molecule has 1 rings (SSSR count). The number of hydrogen-bond donors (Lipinski definition) is 3. The van der Waals surface area contributed by atoms with E-state index in [0.29, 0.717) is 12.8 Å². The summed E-state index contributed by atoms with van der Waals surface area (Å²) in [5, 5.41) is 14.3. The zero-order valence-corrected chi connectivity index (χ0v) is 13.6. The molecule has 118 valence electrons.